The largest absolute Gasteiger partial charge is 0.453 e. The molecule has 0 aliphatic heterocycles. The predicted molar refractivity (Wildman–Crippen MR) is 60.1 cm³/mol. The van der Waals surface area contributed by atoms with Crippen LogP contribution >= 0.6 is 15.9 Å². The van der Waals surface area contributed by atoms with Crippen LogP contribution in [0.25, 0.3) is 0 Å². The Kier molecular flexibility index (Phi) is 2.48. The maximum Gasteiger partial charge on any atom is 0.169 e. The Bertz CT molecular complexity index is 332. The first-order chi connectivity index (χ1) is 6.49. The highest BCUT2D eigenvalue weighted by Crippen LogP contribution is 2.45. The van der Waals surface area contributed by atoms with E-state index in [2.05, 4.69) is 42.0 Å². The van der Waals surface area contributed by atoms with Crippen molar-refractivity contribution in [2.24, 2.45) is 5.41 Å². The topological polar surface area (TPSA) is 25.2 Å². The number of hydrogen-bond acceptors (Lipinski definition) is 2. The van der Waals surface area contributed by atoms with Crippen LogP contribution in [-0.4, -0.2) is 6.04 Å². The molecule has 1 aromatic rings. The summed E-state index contributed by atoms with van der Waals surface area (Å²) in [6.07, 6.45) is 1.26. The normalized spacial score (nSPS) is 26.1. The van der Waals surface area contributed by atoms with Gasteiger partial charge in [-0.05, 0) is 46.8 Å². The number of halogens is 1. The fourth-order valence-corrected chi connectivity index (χ4v) is 2.02. The van der Waals surface area contributed by atoms with Crippen molar-refractivity contribution in [1.29, 1.82) is 0 Å². The maximum absolute atomic E-state index is 5.50. The molecule has 0 radical (unpaired) electrons. The van der Waals surface area contributed by atoms with Gasteiger partial charge in [-0.1, -0.05) is 13.8 Å². The Balaban J connectivity index is 1.94. The summed E-state index contributed by atoms with van der Waals surface area (Å²) in [7, 11) is 0. The Morgan fingerprint density at radius 2 is 2.21 bits per heavy atom. The number of nitrogens with one attached hydrogen (secondary N) is 1. The predicted octanol–water partition coefficient (Wildman–Crippen LogP) is 3.49. The van der Waals surface area contributed by atoms with E-state index in [0.29, 0.717) is 17.5 Å². The SMILES string of the molecule is CC(NC1CC1(C)C)c1ccc(Br)o1. The minimum absolute atomic E-state index is 0.299. The van der Waals surface area contributed by atoms with Crippen molar-refractivity contribution < 1.29 is 4.42 Å². The van der Waals surface area contributed by atoms with Crippen molar-refractivity contribution in [2.75, 3.05) is 0 Å². The summed E-state index contributed by atoms with van der Waals surface area (Å²) in [6.45, 7) is 6.71. The van der Waals surface area contributed by atoms with Crippen LogP contribution in [0.3, 0.4) is 0 Å². The van der Waals surface area contributed by atoms with Crippen LogP contribution in [0, 0.1) is 5.41 Å². The van der Waals surface area contributed by atoms with Crippen molar-refractivity contribution in [3.8, 4) is 0 Å². The van der Waals surface area contributed by atoms with Crippen LogP contribution in [-0.2, 0) is 0 Å². The molecule has 0 spiro atoms. The first-order valence-electron chi connectivity index (χ1n) is 5.00. The van der Waals surface area contributed by atoms with E-state index >= 15 is 0 Å². The van der Waals surface area contributed by atoms with Crippen LogP contribution in [0.5, 0.6) is 0 Å². The second kappa shape index (κ2) is 3.38. The minimum Gasteiger partial charge on any atom is -0.453 e. The van der Waals surface area contributed by atoms with Gasteiger partial charge in [0, 0.05) is 6.04 Å². The van der Waals surface area contributed by atoms with Gasteiger partial charge in [0.1, 0.15) is 5.76 Å². The van der Waals surface area contributed by atoms with E-state index < -0.39 is 0 Å². The highest BCUT2D eigenvalue weighted by atomic mass is 79.9. The summed E-state index contributed by atoms with van der Waals surface area (Å²) < 4.78 is 6.30. The lowest BCUT2D eigenvalue weighted by molar-refractivity contribution is 0.400. The van der Waals surface area contributed by atoms with E-state index in [1.165, 1.54) is 6.42 Å². The molecule has 2 nitrogen and oxygen atoms in total. The van der Waals surface area contributed by atoms with Crippen LogP contribution < -0.4 is 5.32 Å². The highest BCUT2D eigenvalue weighted by molar-refractivity contribution is 9.10. The monoisotopic (exact) mass is 257 g/mol. The average molecular weight is 258 g/mol. The highest BCUT2D eigenvalue weighted by Gasteiger charge is 2.46. The van der Waals surface area contributed by atoms with Crippen LogP contribution in [0.4, 0.5) is 0 Å². The molecule has 2 rings (SSSR count). The zero-order valence-corrected chi connectivity index (χ0v) is 10.4. The van der Waals surface area contributed by atoms with Gasteiger partial charge in [-0.2, -0.15) is 0 Å². The third-order valence-electron chi connectivity index (χ3n) is 2.99. The standard InChI is InChI=1S/C11H16BrNO/c1-7(8-4-5-10(12)14-8)13-9-6-11(9,2)3/h4-5,7,9,13H,6H2,1-3H3. The minimum atomic E-state index is 0.299. The van der Waals surface area contributed by atoms with Crippen LogP contribution in [0.15, 0.2) is 21.2 Å². The Morgan fingerprint density at radius 1 is 1.57 bits per heavy atom. The fraction of sp³-hybridized carbons (Fsp3) is 0.636. The smallest absolute Gasteiger partial charge is 0.169 e. The lowest BCUT2D eigenvalue weighted by Crippen LogP contribution is -2.23. The third-order valence-corrected chi connectivity index (χ3v) is 3.41. The number of furan rings is 1. The van der Waals surface area contributed by atoms with E-state index in [9.17, 15) is 0 Å². The maximum atomic E-state index is 5.50. The van der Waals surface area contributed by atoms with Gasteiger partial charge in [0.15, 0.2) is 4.67 Å². The second-order valence-electron chi connectivity index (χ2n) is 4.78. The molecule has 2 unspecified atom stereocenters. The molecule has 1 aliphatic rings. The van der Waals surface area contributed by atoms with Gasteiger partial charge in [0.2, 0.25) is 0 Å². The molecule has 1 aromatic heterocycles. The zero-order chi connectivity index (χ0) is 10.3. The molecular formula is C11H16BrNO. The van der Waals surface area contributed by atoms with E-state index in [1.54, 1.807) is 0 Å². The van der Waals surface area contributed by atoms with Crippen LogP contribution in [0.2, 0.25) is 0 Å². The van der Waals surface area contributed by atoms with Gasteiger partial charge in [0.05, 0.1) is 6.04 Å². The van der Waals surface area contributed by atoms with Gasteiger partial charge in [-0.3, -0.25) is 0 Å². The zero-order valence-electron chi connectivity index (χ0n) is 8.80. The Labute approximate surface area is 93.2 Å². The molecule has 0 amide bonds. The molecule has 78 valence electrons. The quantitative estimate of drug-likeness (QED) is 0.897. The van der Waals surface area contributed by atoms with Crippen LogP contribution in [0.1, 0.15) is 39.0 Å². The molecule has 1 N–H and O–H groups in total. The van der Waals surface area contributed by atoms with Gasteiger partial charge in [-0.15, -0.1) is 0 Å². The first kappa shape index (κ1) is 10.2. The molecule has 1 saturated carbocycles. The molecule has 1 fully saturated rings. The lowest BCUT2D eigenvalue weighted by Gasteiger charge is -2.12. The molecule has 14 heavy (non-hydrogen) atoms. The molecular weight excluding hydrogens is 242 g/mol. The lowest BCUT2D eigenvalue weighted by atomic mass is 10.1. The van der Waals surface area contributed by atoms with Gasteiger partial charge in [0.25, 0.3) is 0 Å². The Hall–Kier alpha value is -0.280. The van der Waals surface area contributed by atoms with Crippen molar-refractivity contribution in [1.82, 2.24) is 5.32 Å². The average Bonchev–Trinajstić information content (AvgIpc) is 2.52. The van der Waals surface area contributed by atoms with E-state index in [4.69, 9.17) is 4.42 Å². The Morgan fingerprint density at radius 3 is 2.64 bits per heavy atom. The third kappa shape index (κ3) is 2.04. The van der Waals surface area contributed by atoms with E-state index in [0.717, 1.165) is 10.4 Å². The molecule has 2 atom stereocenters. The summed E-state index contributed by atoms with van der Waals surface area (Å²) in [4.78, 5) is 0. The van der Waals surface area contributed by atoms with Crippen molar-refractivity contribution in [2.45, 2.75) is 39.3 Å². The summed E-state index contributed by atoms with van der Waals surface area (Å²) >= 11 is 3.31. The summed E-state index contributed by atoms with van der Waals surface area (Å²) in [5, 5.41) is 3.56. The van der Waals surface area contributed by atoms with E-state index in [1.807, 2.05) is 12.1 Å². The van der Waals surface area contributed by atoms with Gasteiger partial charge < -0.3 is 9.73 Å². The first-order valence-corrected chi connectivity index (χ1v) is 5.79. The second-order valence-corrected chi connectivity index (χ2v) is 5.56. The number of hydrogen-bond donors (Lipinski definition) is 1. The molecule has 0 bridgehead atoms. The van der Waals surface area contributed by atoms with Gasteiger partial charge in [-0.25, -0.2) is 0 Å². The molecule has 1 aliphatic carbocycles. The van der Waals surface area contributed by atoms with Crippen molar-refractivity contribution in [3.05, 3.63) is 22.6 Å². The summed E-state index contributed by atoms with van der Waals surface area (Å²) in [6, 6.07) is 4.89. The summed E-state index contributed by atoms with van der Waals surface area (Å²) in [5.41, 5.74) is 0.470. The van der Waals surface area contributed by atoms with Gasteiger partial charge >= 0.3 is 0 Å². The molecule has 0 saturated heterocycles. The molecule has 3 heteroatoms. The number of rotatable bonds is 3. The van der Waals surface area contributed by atoms with E-state index in [-0.39, 0.29) is 0 Å². The molecule has 0 aromatic carbocycles. The summed E-state index contributed by atoms with van der Waals surface area (Å²) in [5.74, 6) is 1.000. The van der Waals surface area contributed by atoms with Crippen molar-refractivity contribution in [3.63, 3.8) is 0 Å². The fourth-order valence-electron chi connectivity index (χ4n) is 1.70. The van der Waals surface area contributed by atoms with Crippen molar-refractivity contribution >= 4 is 15.9 Å². The molecule has 1 heterocycles.